The van der Waals surface area contributed by atoms with E-state index >= 15 is 0 Å². The number of thioether (sulfide) groups is 1. The Kier molecular flexibility index (Phi) is 4.14. The Balaban J connectivity index is 1.48. The zero-order chi connectivity index (χ0) is 16.4. The number of aromatic nitrogens is 5. The second-order valence-electron chi connectivity index (χ2n) is 5.04. The fourth-order valence-corrected chi connectivity index (χ4v) is 3.61. The highest BCUT2D eigenvalue weighted by Crippen LogP contribution is 2.26. The highest BCUT2D eigenvalue weighted by molar-refractivity contribution is 7.98. The van der Waals surface area contributed by atoms with Gasteiger partial charge in [0.05, 0.1) is 5.75 Å². The molecule has 0 saturated heterocycles. The van der Waals surface area contributed by atoms with Crippen LogP contribution in [0.3, 0.4) is 0 Å². The molecule has 0 N–H and O–H groups in total. The summed E-state index contributed by atoms with van der Waals surface area (Å²) in [6.45, 7) is 0. The van der Waals surface area contributed by atoms with Gasteiger partial charge in [-0.3, -0.25) is 0 Å². The lowest BCUT2D eigenvalue weighted by molar-refractivity contribution is 0.391. The van der Waals surface area contributed by atoms with E-state index in [0.29, 0.717) is 17.5 Å². The minimum Gasteiger partial charge on any atom is -0.338 e. The standard InChI is InChI=1S/C16H13N5OS2/c1-21-15(11-5-3-2-4-6-11)18-19-16(21)24-10-13-17-14(20-22-13)12-7-8-23-9-12/h2-9H,10H2,1H3. The number of hydrogen-bond acceptors (Lipinski definition) is 7. The molecule has 0 aliphatic heterocycles. The van der Waals surface area contributed by atoms with Crippen molar-refractivity contribution in [1.82, 2.24) is 24.9 Å². The van der Waals surface area contributed by atoms with Crippen molar-refractivity contribution in [1.29, 1.82) is 0 Å². The van der Waals surface area contributed by atoms with Crippen LogP contribution in [0.2, 0.25) is 0 Å². The fourth-order valence-electron chi connectivity index (χ4n) is 2.23. The molecule has 24 heavy (non-hydrogen) atoms. The van der Waals surface area contributed by atoms with Crippen LogP contribution in [-0.2, 0) is 12.8 Å². The van der Waals surface area contributed by atoms with Gasteiger partial charge in [-0.05, 0) is 11.4 Å². The van der Waals surface area contributed by atoms with Crippen LogP contribution < -0.4 is 0 Å². The van der Waals surface area contributed by atoms with Crippen molar-refractivity contribution < 1.29 is 4.52 Å². The van der Waals surface area contributed by atoms with Crippen molar-refractivity contribution >= 4 is 23.1 Å². The van der Waals surface area contributed by atoms with Gasteiger partial charge in [-0.1, -0.05) is 47.3 Å². The predicted octanol–water partition coefficient (Wildman–Crippen LogP) is 3.89. The van der Waals surface area contributed by atoms with Crippen molar-refractivity contribution in [2.45, 2.75) is 10.9 Å². The molecule has 4 aromatic rings. The highest BCUT2D eigenvalue weighted by Gasteiger charge is 2.14. The van der Waals surface area contributed by atoms with Crippen molar-refractivity contribution in [3.05, 3.63) is 53.0 Å². The summed E-state index contributed by atoms with van der Waals surface area (Å²) in [4.78, 5) is 4.41. The maximum Gasteiger partial charge on any atom is 0.237 e. The number of rotatable bonds is 5. The average Bonchev–Trinajstić information content (AvgIpc) is 3.35. The monoisotopic (exact) mass is 355 g/mol. The molecule has 0 fully saturated rings. The molecule has 0 unspecified atom stereocenters. The molecule has 0 aliphatic rings. The van der Waals surface area contributed by atoms with Gasteiger partial charge in [0.15, 0.2) is 11.0 Å². The molecule has 120 valence electrons. The average molecular weight is 355 g/mol. The molecular weight excluding hydrogens is 342 g/mol. The van der Waals surface area contributed by atoms with Crippen molar-refractivity contribution in [2.75, 3.05) is 0 Å². The minimum absolute atomic E-state index is 0.553. The Morgan fingerprint density at radius 1 is 1.12 bits per heavy atom. The summed E-state index contributed by atoms with van der Waals surface area (Å²) in [6, 6.07) is 12.0. The number of nitrogens with zero attached hydrogens (tertiary/aromatic N) is 5. The van der Waals surface area contributed by atoms with Gasteiger partial charge in [0, 0.05) is 23.6 Å². The van der Waals surface area contributed by atoms with Crippen LogP contribution in [0.1, 0.15) is 5.89 Å². The molecule has 0 atom stereocenters. The first-order valence-corrected chi connectivity index (χ1v) is 9.17. The minimum atomic E-state index is 0.553. The first-order chi connectivity index (χ1) is 11.8. The van der Waals surface area contributed by atoms with Crippen LogP contribution >= 0.6 is 23.1 Å². The third-order valence-electron chi connectivity index (χ3n) is 3.44. The van der Waals surface area contributed by atoms with Gasteiger partial charge in [0.1, 0.15) is 0 Å². The van der Waals surface area contributed by atoms with Crippen molar-refractivity contribution in [3.8, 4) is 22.8 Å². The van der Waals surface area contributed by atoms with Crippen LogP contribution in [0.5, 0.6) is 0 Å². The summed E-state index contributed by atoms with van der Waals surface area (Å²) in [5, 5.41) is 17.3. The van der Waals surface area contributed by atoms with Crippen LogP contribution in [-0.4, -0.2) is 24.9 Å². The van der Waals surface area contributed by atoms with E-state index in [0.717, 1.165) is 22.1 Å². The summed E-state index contributed by atoms with van der Waals surface area (Å²) in [6.07, 6.45) is 0. The maximum atomic E-state index is 5.31. The van der Waals surface area contributed by atoms with Gasteiger partial charge in [-0.2, -0.15) is 16.3 Å². The summed E-state index contributed by atoms with van der Waals surface area (Å²) in [5.41, 5.74) is 2.02. The predicted molar refractivity (Wildman–Crippen MR) is 93.6 cm³/mol. The first-order valence-electron chi connectivity index (χ1n) is 7.24. The Hall–Kier alpha value is -2.45. The summed E-state index contributed by atoms with van der Waals surface area (Å²) in [7, 11) is 1.95. The Bertz CT molecular complexity index is 931. The lowest BCUT2D eigenvalue weighted by Crippen LogP contribution is -1.95. The molecule has 0 aliphatic carbocycles. The van der Waals surface area contributed by atoms with Gasteiger partial charge in [-0.15, -0.1) is 10.2 Å². The quantitative estimate of drug-likeness (QED) is 0.506. The van der Waals surface area contributed by atoms with E-state index in [2.05, 4.69) is 20.3 Å². The van der Waals surface area contributed by atoms with Gasteiger partial charge >= 0.3 is 0 Å². The lowest BCUT2D eigenvalue weighted by Gasteiger charge is -2.02. The maximum absolute atomic E-state index is 5.31. The van der Waals surface area contributed by atoms with Crippen LogP contribution in [0.15, 0.2) is 56.8 Å². The molecule has 3 aromatic heterocycles. The summed E-state index contributed by atoms with van der Waals surface area (Å²) >= 11 is 3.13. The van der Waals surface area contributed by atoms with Crippen LogP contribution in [0.25, 0.3) is 22.8 Å². The zero-order valence-electron chi connectivity index (χ0n) is 12.8. The smallest absolute Gasteiger partial charge is 0.237 e. The molecule has 0 radical (unpaired) electrons. The number of benzene rings is 1. The third-order valence-corrected chi connectivity index (χ3v) is 5.13. The Morgan fingerprint density at radius 2 is 2.00 bits per heavy atom. The van der Waals surface area contributed by atoms with E-state index in [4.69, 9.17) is 4.52 Å². The van der Waals surface area contributed by atoms with E-state index in [9.17, 15) is 0 Å². The molecule has 8 heteroatoms. The van der Waals surface area contributed by atoms with Gasteiger partial charge in [-0.25, -0.2) is 0 Å². The summed E-state index contributed by atoms with van der Waals surface area (Å²) < 4.78 is 7.28. The van der Waals surface area contributed by atoms with E-state index in [1.807, 2.05) is 58.8 Å². The van der Waals surface area contributed by atoms with E-state index in [1.165, 1.54) is 11.8 Å². The van der Waals surface area contributed by atoms with Gasteiger partial charge in [0.25, 0.3) is 0 Å². The molecule has 0 spiro atoms. The largest absolute Gasteiger partial charge is 0.338 e. The molecule has 0 saturated carbocycles. The van der Waals surface area contributed by atoms with Gasteiger partial charge < -0.3 is 9.09 Å². The molecule has 4 rings (SSSR count). The second-order valence-corrected chi connectivity index (χ2v) is 6.77. The molecular formula is C16H13N5OS2. The Labute approximate surface area is 146 Å². The van der Waals surface area contributed by atoms with Crippen molar-refractivity contribution in [3.63, 3.8) is 0 Å². The zero-order valence-corrected chi connectivity index (χ0v) is 14.4. The van der Waals surface area contributed by atoms with E-state index in [1.54, 1.807) is 11.3 Å². The normalized spacial score (nSPS) is 11.0. The lowest BCUT2D eigenvalue weighted by atomic mass is 10.2. The summed E-state index contributed by atoms with van der Waals surface area (Å²) in [5.74, 6) is 2.58. The molecule has 0 bridgehead atoms. The van der Waals surface area contributed by atoms with Crippen LogP contribution in [0, 0.1) is 0 Å². The molecule has 1 aromatic carbocycles. The van der Waals surface area contributed by atoms with E-state index < -0.39 is 0 Å². The van der Waals surface area contributed by atoms with Gasteiger partial charge in [0.2, 0.25) is 11.7 Å². The number of thiophene rings is 1. The topological polar surface area (TPSA) is 69.6 Å². The SMILES string of the molecule is Cn1c(SCc2nc(-c3ccsc3)no2)nnc1-c1ccccc1. The molecule has 3 heterocycles. The number of hydrogen-bond donors (Lipinski definition) is 0. The highest BCUT2D eigenvalue weighted by atomic mass is 32.2. The molecule has 0 amide bonds. The molecule has 6 nitrogen and oxygen atoms in total. The fraction of sp³-hybridized carbons (Fsp3) is 0.125. The van der Waals surface area contributed by atoms with Crippen LogP contribution in [0.4, 0.5) is 0 Å². The Morgan fingerprint density at radius 3 is 2.79 bits per heavy atom. The third kappa shape index (κ3) is 2.98. The van der Waals surface area contributed by atoms with Crippen molar-refractivity contribution in [2.24, 2.45) is 7.05 Å². The second kappa shape index (κ2) is 6.58. The van der Waals surface area contributed by atoms with E-state index in [-0.39, 0.29) is 0 Å². The first kappa shape index (κ1) is 15.1.